The number of amides is 1. The van der Waals surface area contributed by atoms with Crippen LogP contribution in [-0.4, -0.2) is 24.9 Å². The Balaban J connectivity index is 2.17. The van der Waals surface area contributed by atoms with Crippen molar-refractivity contribution in [2.75, 3.05) is 18.5 Å². The van der Waals surface area contributed by atoms with Crippen LogP contribution in [0.3, 0.4) is 0 Å². The number of carbonyl (C=O) groups is 2. The van der Waals surface area contributed by atoms with Gasteiger partial charge in [0.05, 0.1) is 13.2 Å². The maximum atomic E-state index is 12.4. The van der Waals surface area contributed by atoms with E-state index >= 15 is 0 Å². The fourth-order valence-electron chi connectivity index (χ4n) is 2.39. The van der Waals surface area contributed by atoms with Gasteiger partial charge in [0.15, 0.2) is 17.3 Å². The molecule has 2 aromatic carbocycles. The summed E-state index contributed by atoms with van der Waals surface area (Å²) in [6.07, 6.45) is 3.23. The van der Waals surface area contributed by atoms with Crippen molar-refractivity contribution in [3.8, 4) is 11.5 Å². The Hall–Kier alpha value is -3.08. The molecule has 0 aromatic heterocycles. The summed E-state index contributed by atoms with van der Waals surface area (Å²) < 4.78 is 11.1. The molecule has 0 atom stereocenters. The molecule has 0 saturated carbocycles. The number of hydrogen-bond acceptors (Lipinski definition) is 4. The van der Waals surface area contributed by atoms with Gasteiger partial charge >= 0.3 is 0 Å². The van der Waals surface area contributed by atoms with Crippen LogP contribution in [-0.2, 0) is 4.79 Å². The van der Waals surface area contributed by atoms with Gasteiger partial charge < -0.3 is 14.8 Å². The summed E-state index contributed by atoms with van der Waals surface area (Å²) in [6.45, 7) is 6.33. The monoisotopic (exact) mass is 353 g/mol. The van der Waals surface area contributed by atoms with Gasteiger partial charge in [-0.3, -0.25) is 9.59 Å². The summed E-state index contributed by atoms with van der Waals surface area (Å²) in [4.78, 5) is 23.5. The van der Waals surface area contributed by atoms with Crippen molar-refractivity contribution in [2.24, 2.45) is 0 Å². The smallest absolute Gasteiger partial charge is 0.221 e. The summed E-state index contributed by atoms with van der Waals surface area (Å²) in [5.41, 5.74) is 1.93. The number of nitrogens with one attached hydrogen (secondary N) is 1. The fraction of sp³-hybridized carbons (Fsp3) is 0.238. The van der Waals surface area contributed by atoms with E-state index < -0.39 is 0 Å². The van der Waals surface area contributed by atoms with E-state index in [0.717, 1.165) is 5.56 Å². The van der Waals surface area contributed by atoms with Crippen molar-refractivity contribution in [1.82, 2.24) is 0 Å². The molecule has 0 saturated heterocycles. The third-order valence-electron chi connectivity index (χ3n) is 3.46. The highest BCUT2D eigenvalue weighted by molar-refractivity contribution is 6.07. The van der Waals surface area contributed by atoms with Crippen molar-refractivity contribution >= 4 is 23.5 Å². The number of ether oxygens (including phenoxy) is 2. The van der Waals surface area contributed by atoms with Crippen LogP contribution in [0.2, 0.25) is 0 Å². The summed E-state index contributed by atoms with van der Waals surface area (Å²) in [5.74, 6) is 1.00. The third-order valence-corrected chi connectivity index (χ3v) is 3.46. The Labute approximate surface area is 153 Å². The highest BCUT2D eigenvalue weighted by Crippen LogP contribution is 2.29. The predicted molar refractivity (Wildman–Crippen MR) is 103 cm³/mol. The molecule has 1 amide bonds. The van der Waals surface area contributed by atoms with Crippen LogP contribution >= 0.6 is 0 Å². The van der Waals surface area contributed by atoms with Crippen LogP contribution in [0.15, 0.2) is 48.5 Å². The Morgan fingerprint density at radius 1 is 1.00 bits per heavy atom. The minimum absolute atomic E-state index is 0.149. The second kappa shape index (κ2) is 9.42. The van der Waals surface area contributed by atoms with Gasteiger partial charge in [0.2, 0.25) is 5.91 Å². The number of anilines is 1. The SMILES string of the molecule is CCOc1ccc(C=CC(=O)c2cccc(NC(C)=O)c2)cc1OCC. The largest absolute Gasteiger partial charge is 0.490 e. The highest BCUT2D eigenvalue weighted by Gasteiger charge is 2.07. The normalized spacial score (nSPS) is 10.6. The summed E-state index contributed by atoms with van der Waals surface area (Å²) in [5, 5.41) is 2.67. The van der Waals surface area contributed by atoms with Crippen LogP contribution in [0.25, 0.3) is 6.08 Å². The average molecular weight is 353 g/mol. The van der Waals surface area contributed by atoms with Crippen LogP contribution in [0.5, 0.6) is 11.5 Å². The van der Waals surface area contributed by atoms with Gasteiger partial charge in [-0.2, -0.15) is 0 Å². The van der Waals surface area contributed by atoms with Crippen LogP contribution < -0.4 is 14.8 Å². The lowest BCUT2D eigenvalue weighted by molar-refractivity contribution is -0.114. The predicted octanol–water partition coefficient (Wildman–Crippen LogP) is 4.34. The lowest BCUT2D eigenvalue weighted by atomic mass is 10.1. The van der Waals surface area contributed by atoms with E-state index in [0.29, 0.717) is 36.0 Å². The standard InChI is InChI=1S/C21H23NO4/c1-4-25-20-12-10-16(13-21(20)26-5-2)9-11-19(24)17-7-6-8-18(14-17)22-15(3)23/h6-14H,4-5H2,1-3H3,(H,22,23). The molecule has 5 heteroatoms. The first-order valence-electron chi connectivity index (χ1n) is 8.53. The van der Waals surface area contributed by atoms with E-state index in [9.17, 15) is 9.59 Å². The molecule has 2 aromatic rings. The van der Waals surface area contributed by atoms with E-state index in [4.69, 9.17) is 9.47 Å². The van der Waals surface area contributed by atoms with Crippen molar-refractivity contribution in [3.05, 3.63) is 59.7 Å². The van der Waals surface area contributed by atoms with Gasteiger partial charge in [0.1, 0.15) is 0 Å². The quantitative estimate of drug-likeness (QED) is 0.566. The van der Waals surface area contributed by atoms with Crippen LogP contribution in [0.4, 0.5) is 5.69 Å². The van der Waals surface area contributed by atoms with Crippen molar-refractivity contribution < 1.29 is 19.1 Å². The number of ketones is 1. The highest BCUT2D eigenvalue weighted by atomic mass is 16.5. The van der Waals surface area contributed by atoms with Crippen molar-refractivity contribution in [3.63, 3.8) is 0 Å². The molecule has 0 aliphatic heterocycles. The second-order valence-corrected chi connectivity index (χ2v) is 5.53. The molecule has 136 valence electrons. The average Bonchev–Trinajstić information content (AvgIpc) is 2.61. The van der Waals surface area contributed by atoms with E-state index in [2.05, 4.69) is 5.32 Å². The minimum Gasteiger partial charge on any atom is -0.490 e. The molecule has 2 rings (SSSR count). The zero-order chi connectivity index (χ0) is 18.9. The van der Waals surface area contributed by atoms with Gasteiger partial charge in [-0.15, -0.1) is 0 Å². The molecule has 0 bridgehead atoms. The molecule has 0 unspecified atom stereocenters. The fourth-order valence-corrected chi connectivity index (χ4v) is 2.39. The Morgan fingerprint density at radius 3 is 2.42 bits per heavy atom. The van der Waals surface area contributed by atoms with E-state index in [1.165, 1.54) is 13.0 Å². The molecule has 1 N–H and O–H groups in total. The summed E-state index contributed by atoms with van der Waals surface area (Å²) in [6, 6.07) is 12.4. The Kier molecular flexibility index (Phi) is 6.97. The number of rotatable bonds is 8. The molecule has 0 spiro atoms. The second-order valence-electron chi connectivity index (χ2n) is 5.53. The lowest BCUT2D eigenvalue weighted by Crippen LogP contribution is -2.06. The molecular formula is C21H23NO4. The molecule has 26 heavy (non-hydrogen) atoms. The molecule has 0 radical (unpaired) electrons. The van der Waals surface area contributed by atoms with E-state index in [1.807, 2.05) is 32.0 Å². The summed E-state index contributed by atoms with van der Waals surface area (Å²) in [7, 11) is 0. The van der Waals surface area contributed by atoms with E-state index in [1.54, 1.807) is 30.3 Å². The topological polar surface area (TPSA) is 64.6 Å². The Bertz CT molecular complexity index is 811. The molecular weight excluding hydrogens is 330 g/mol. The minimum atomic E-state index is -0.178. The van der Waals surface area contributed by atoms with E-state index in [-0.39, 0.29) is 11.7 Å². The molecule has 0 fully saturated rings. The molecule has 0 aliphatic carbocycles. The maximum Gasteiger partial charge on any atom is 0.221 e. The zero-order valence-electron chi connectivity index (χ0n) is 15.2. The molecule has 5 nitrogen and oxygen atoms in total. The van der Waals surface area contributed by atoms with Gasteiger partial charge in [0, 0.05) is 18.2 Å². The van der Waals surface area contributed by atoms with Gasteiger partial charge in [-0.1, -0.05) is 24.3 Å². The maximum absolute atomic E-state index is 12.4. The van der Waals surface area contributed by atoms with Crippen LogP contribution in [0.1, 0.15) is 36.7 Å². The first-order chi connectivity index (χ1) is 12.5. The number of carbonyl (C=O) groups excluding carboxylic acids is 2. The number of hydrogen-bond donors (Lipinski definition) is 1. The van der Waals surface area contributed by atoms with Crippen molar-refractivity contribution in [2.45, 2.75) is 20.8 Å². The number of benzene rings is 2. The first-order valence-corrected chi connectivity index (χ1v) is 8.53. The molecule has 0 aliphatic rings. The van der Waals surface area contributed by atoms with Gasteiger partial charge in [0.25, 0.3) is 0 Å². The van der Waals surface area contributed by atoms with Gasteiger partial charge in [-0.25, -0.2) is 0 Å². The zero-order valence-corrected chi connectivity index (χ0v) is 15.2. The summed E-state index contributed by atoms with van der Waals surface area (Å²) >= 11 is 0. The number of allylic oxidation sites excluding steroid dienone is 1. The van der Waals surface area contributed by atoms with Crippen LogP contribution in [0, 0.1) is 0 Å². The van der Waals surface area contributed by atoms with Gasteiger partial charge in [-0.05, 0) is 49.8 Å². The Morgan fingerprint density at radius 2 is 1.73 bits per heavy atom. The van der Waals surface area contributed by atoms with Crippen molar-refractivity contribution in [1.29, 1.82) is 0 Å². The third kappa shape index (κ3) is 5.48. The first kappa shape index (κ1) is 19.2. The molecule has 0 heterocycles. The lowest BCUT2D eigenvalue weighted by Gasteiger charge is -2.11.